The third-order valence-corrected chi connectivity index (χ3v) is 6.53. The lowest BCUT2D eigenvalue weighted by atomic mass is 9.95. The van der Waals surface area contributed by atoms with Gasteiger partial charge in [-0.05, 0) is 63.8 Å². The van der Waals surface area contributed by atoms with Gasteiger partial charge in [0.05, 0.1) is 49.0 Å². The summed E-state index contributed by atoms with van der Waals surface area (Å²) in [4.78, 5) is 30.2. The molecule has 0 aliphatic carbocycles. The number of amides is 1. The molecular formula is C28H32N4O5. The minimum Gasteiger partial charge on any atom is -0.507 e. The van der Waals surface area contributed by atoms with Crippen LogP contribution in [0.25, 0.3) is 11.4 Å². The number of likely N-dealkylation sites (tertiary alicyclic amines) is 1. The predicted molar refractivity (Wildman–Crippen MR) is 140 cm³/mol. The van der Waals surface area contributed by atoms with Crippen LogP contribution in [0.15, 0.2) is 60.3 Å². The summed E-state index contributed by atoms with van der Waals surface area (Å²) in [6.07, 6.45) is 2.18. The normalized spacial score (nSPS) is 17.0. The van der Waals surface area contributed by atoms with E-state index in [4.69, 9.17) is 9.47 Å². The first kappa shape index (κ1) is 26.0. The molecule has 1 amide bonds. The highest BCUT2D eigenvalue weighted by molar-refractivity contribution is 6.46. The molecule has 1 aliphatic rings. The number of ether oxygens (including phenoxy) is 2. The maximum absolute atomic E-state index is 13.4. The summed E-state index contributed by atoms with van der Waals surface area (Å²) in [5.41, 5.74) is 2.52. The van der Waals surface area contributed by atoms with E-state index in [2.05, 4.69) is 5.10 Å². The van der Waals surface area contributed by atoms with Crippen molar-refractivity contribution in [2.45, 2.75) is 19.4 Å². The van der Waals surface area contributed by atoms with Gasteiger partial charge in [0, 0.05) is 6.54 Å². The summed E-state index contributed by atoms with van der Waals surface area (Å²) in [6.45, 7) is 2.90. The van der Waals surface area contributed by atoms with Crippen molar-refractivity contribution in [1.82, 2.24) is 19.6 Å². The zero-order valence-electron chi connectivity index (χ0n) is 21.8. The molecule has 194 valence electrons. The van der Waals surface area contributed by atoms with E-state index in [9.17, 15) is 14.7 Å². The highest BCUT2D eigenvalue weighted by Gasteiger charge is 2.46. The number of carbonyl (C=O) groups is 2. The van der Waals surface area contributed by atoms with Gasteiger partial charge >= 0.3 is 0 Å². The zero-order chi connectivity index (χ0) is 26.7. The molecule has 37 heavy (non-hydrogen) atoms. The number of carbonyl (C=O) groups excluding carboxylic acids is 2. The molecule has 0 spiro atoms. The number of benzene rings is 2. The van der Waals surface area contributed by atoms with Gasteiger partial charge in [-0.2, -0.15) is 5.10 Å². The molecule has 9 heteroatoms. The molecule has 0 bridgehead atoms. The van der Waals surface area contributed by atoms with E-state index in [-0.39, 0.29) is 11.3 Å². The minimum absolute atomic E-state index is 0.0257. The quantitative estimate of drug-likeness (QED) is 0.270. The number of para-hydroxylation sites is 1. The Morgan fingerprint density at radius 3 is 2.41 bits per heavy atom. The van der Waals surface area contributed by atoms with E-state index in [0.29, 0.717) is 41.3 Å². The Labute approximate surface area is 216 Å². The van der Waals surface area contributed by atoms with Crippen LogP contribution in [0.3, 0.4) is 0 Å². The second kappa shape index (κ2) is 10.9. The fourth-order valence-electron chi connectivity index (χ4n) is 4.65. The molecule has 1 aliphatic heterocycles. The fourth-order valence-corrected chi connectivity index (χ4v) is 4.65. The second-order valence-electron chi connectivity index (χ2n) is 9.15. The summed E-state index contributed by atoms with van der Waals surface area (Å²) in [6, 6.07) is 14.0. The summed E-state index contributed by atoms with van der Waals surface area (Å²) >= 11 is 0. The van der Waals surface area contributed by atoms with Crippen molar-refractivity contribution in [2.24, 2.45) is 0 Å². The van der Waals surface area contributed by atoms with Crippen molar-refractivity contribution < 1.29 is 24.2 Å². The van der Waals surface area contributed by atoms with Crippen molar-refractivity contribution >= 4 is 17.4 Å². The Morgan fingerprint density at radius 2 is 1.76 bits per heavy atom. The standard InChI is InChI=1S/C28H32N4O5/c1-18-21(17-29-32(18)20-10-7-6-8-11-20)26(33)24-25(19-12-13-22(36-4)23(16-19)37-5)31(28(35)27(24)34)15-9-14-30(2)3/h6-8,10-13,16-17,25,33H,9,14-15H2,1-5H3/b26-24+/t25-/m0/s1. The molecule has 3 aromatic rings. The maximum atomic E-state index is 13.4. The lowest BCUT2D eigenvalue weighted by Gasteiger charge is -2.26. The Bertz CT molecular complexity index is 1330. The average molecular weight is 505 g/mol. The molecule has 4 rings (SSSR count). The van der Waals surface area contributed by atoms with Gasteiger partial charge in [0.15, 0.2) is 11.5 Å². The smallest absolute Gasteiger partial charge is 0.295 e. The molecule has 2 heterocycles. The third kappa shape index (κ3) is 4.95. The average Bonchev–Trinajstić information content (AvgIpc) is 3.40. The van der Waals surface area contributed by atoms with Crippen LogP contribution < -0.4 is 9.47 Å². The van der Waals surface area contributed by atoms with Crippen LogP contribution >= 0.6 is 0 Å². The first-order chi connectivity index (χ1) is 17.8. The van der Waals surface area contributed by atoms with E-state index in [1.807, 2.05) is 56.3 Å². The fraction of sp³-hybridized carbons (Fsp3) is 0.321. The Kier molecular flexibility index (Phi) is 7.63. The second-order valence-corrected chi connectivity index (χ2v) is 9.15. The van der Waals surface area contributed by atoms with Crippen LogP contribution in [0.4, 0.5) is 0 Å². The van der Waals surface area contributed by atoms with Gasteiger partial charge < -0.3 is 24.4 Å². The Morgan fingerprint density at radius 1 is 1.05 bits per heavy atom. The van der Waals surface area contributed by atoms with Gasteiger partial charge in [-0.3, -0.25) is 9.59 Å². The van der Waals surface area contributed by atoms with Crippen molar-refractivity contribution in [3.63, 3.8) is 0 Å². The number of rotatable bonds is 9. The number of nitrogens with zero attached hydrogens (tertiary/aromatic N) is 4. The summed E-state index contributed by atoms with van der Waals surface area (Å²) in [7, 11) is 6.97. The molecule has 0 saturated carbocycles. The van der Waals surface area contributed by atoms with Crippen LogP contribution in [0.1, 0.15) is 29.3 Å². The lowest BCUT2D eigenvalue weighted by Crippen LogP contribution is -2.32. The monoisotopic (exact) mass is 504 g/mol. The molecule has 9 nitrogen and oxygen atoms in total. The van der Waals surface area contributed by atoms with E-state index < -0.39 is 17.7 Å². The summed E-state index contributed by atoms with van der Waals surface area (Å²) in [5, 5.41) is 15.9. The van der Waals surface area contributed by atoms with Gasteiger partial charge in [-0.15, -0.1) is 0 Å². The van der Waals surface area contributed by atoms with Crippen molar-refractivity contribution in [3.8, 4) is 17.2 Å². The predicted octanol–water partition coefficient (Wildman–Crippen LogP) is 3.57. The molecule has 1 saturated heterocycles. The highest BCUT2D eigenvalue weighted by atomic mass is 16.5. The van der Waals surface area contributed by atoms with Crippen LogP contribution in [0.2, 0.25) is 0 Å². The van der Waals surface area contributed by atoms with Gasteiger partial charge in [0.2, 0.25) is 0 Å². The van der Waals surface area contributed by atoms with E-state index in [0.717, 1.165) is 12.2 Å². The SMILES string of the molecule is COc1ccc([C@H]2/C(=C(\O)c3cnn(-c4ccccc4)c3C)C(=O)C(=O)N2CCCN(C)C)cc1OC. The number of aliphatic hydroxyl groups excluding tert-OH is 1. The Hall–Kier alpha value is -4.11. The highest BCUT2D eigenvalue weighted by Crippen LogP contribution is 2.42. The Balaban J connectivity index is 1.84. The first-order valence-corrected chi connectivity index (χ1v) is 12.0. The lowest BCUT2D eigenvalue weighted by molar-refractivity contribution is -0.139. The number of Topliss-reactive ketones (excluding diaryl/α,β-unsaturated/α-hetero) is 1. The molecule has 0 radical (unpaired) electrons. The van der Waals surface area contributed by atoms with Gasteiger partial charge in [0.1, 0.15) is 5.76 Å². The van der Waals surface area contributed by atoms with Crippen molar-refractivity contribution in [1.29, 1.82) is 0 Å². The molecule has 1 N–H and O–H groups in total. The van der Waals surface area contributed by atoms with Crippen LogP contribution in [0.5, 0.6) is 11.5 Å². The van der Waals surface area contributed by atoms with Gasteiger partial charge in [-0.1, -0.05) is 24.3 Å². The molecule has 1 aromatic heterocycles. The summed E-state index contributed by atoms with van der Waals surface area (Å²) < 4.78 is 12.5. The third-order valence-electron chi connectivity index (χ3n) is 6.53. The van der Waals surface area contributed by atoms with E-state index in [1.165, 1.54) is 25.3 Å². The molecule has 0 unspecified atom stereocenters. The molecule has 1 fully saturated rings. The number of hydrogen-bond acceptors (Lipinski definition) is 7. The minimum atomic E-state index is -0.790. The topological polar surface area (TPSA) is 97.1 Å². The van der Waals surface area contributed by atoms with Crippen LogP contribution in [0, 0.1) is 6.92 Å². The number of ketones is 1. The molecular weight excluding hydrogens is 472 g/mol. The number of aromatic nitrogens is 2. The number of methoxy groups -OCH3 is 2. The van der Waals surface area contributed by atoms with E-state index >= 15 is 0 Å². The summed E-state index contributed by atoms with van der Waals surface area (Å²) in [5.74, 6) is -0.641. The van der Waals surface area contributed by atoms with Crippen LogP contribution in [-0.4, -0.2) is 77.8 Å². The van der Waals surface area contributed by atoms with Crippen molar-refractivity contribution in [2.75, 3.05) is 41.4 Å². The number of hydrogen-bond donors (Lipinski definition) is 1. The largest absolute Gasteiger partial charge is 0.507 e. The van der Waals surface area contributed by atoms with Gasteiger partial charge in [0.25, 0.3) is 11.7 Å². The molecule has 2 aromatic carbocycles. The zero-order valence-corrected chi connectivity index (χ0v) is 21.8. The van der Waals surface area contributed by atoms with Gasteiger partial charge in [-0.25, -0.2) is 4.68 Å². The van der Waals surface area contributed by atoms with Crippen molar-refractivity contribution in [3.05, 3.63) is 77.1 Å². The molecule has 1 atom stereocenters. The van der Waals surface area contributed by atoms with Crippen LogP contribution in [-0.2, 0) is 9.59 Å². The number of aliphatic hydroxyl groups is 1. The maximum Gasteiger partial charge on any atom is 0.295 e. The van der Waals surface area contributed by atoms with E-state index in [1.54, 1.807) is 22.9 Å². The first-order valence-electron chi connectivity index (χ1n) is 12.0.